The standard InChI is InChI=1S/C8H12N2O/c1-7(11)9-6-8-4-3-5-10(8)2/h3-5H,6H2,1-2H3,(H,9,11). The van der Waals surface area contributed by atoms with Crippen molar-refractivity contribution in [2.45, 2.75) is 13.5 Å². The van der Waals surface area contributed by atoms with E-state index in [1.54, 1.807) is 0 Å². The SMILES string of the molecule is CC(=O)NCc1cccn1C. The number of carbonyl (C=O) groups excluding carboxylic acids is 1. The quantitative estimate of drug-likeness (QED) is 0.663. The van der Waals surface area contributed by atoms with Crippen molar-refractivity contribution in [1.29, 1.82) is 0 Å². The van der Waals surface area contributed by atoms with Crippen LogP contribution in [0.25, 0.3) is 0 Å². The third kappa shape index (κ3) is 2.11. The zero-order valence-corrected chi connectivity index (χ0v) is 6.79. The number of nitrogens with one attached hydrogen (secondary N) is 1. The van der Waals surface area contributed by atoms with Crippen LogP contribution in [0.5, 0.6) is 0 Å². The Kier molecular flexibility index (Phi) is 2.31. The van der Waals surface area contributed by atoms with Gasteiger partial charge in [-0.15, -0.1) is 0 Å². The number of hydrogen-bond acceptors (Lipinski definition) is 1. The maximum Gasteiger partial charge on any atom is 0.217 e. The van der Waals surface area contributed by atoms with E-state index in [-0.39, 0.29) is 5.91 Å². The number of rotatable bonds is 2. The lowest BCUT2D eigenvalue weighted by molar-refractivity contribution is -0.119. The molecule has 0 fully saturated rings. The lowest BCUT2D eigenvalue weighted by Crippen LogP contribution is -2.20. The Balaban J connectivity index is 2.51. The van der Waals surface area contributed by atoms with Gasteiger partial charge in [0.1, 0.15) is 0 Å². The van der Waals surface area contributed by atoms with E-state index in [4.69, 9.17) is 0 Å². The molecule has 1 N–H and O–H groups in total. The molecule has 1 aromatic rings. The maximum absolute atomic E-state index is 10.5. The smallest absolute Gasteiger partial charge is 0.217 e. The number of aromatic nitrogens is 1. The second kappa shape index (κ2) is 3.23. The Hall–Kier alpha value is -1.25. The summed E-state index contributed by atoms with van der Waals surface area (Å²) < 4.78 is 1.98. The first-order valence-corrected chi connectivity index (χ1v) is 3.55. The van der Waals surface area contributed by atoms with Crippen LogP contribution >= 0.6 is 0 Å². The fourth-order valence-corrected chi connectivity index (χ4v) is 0.895. The highest BCUT2D eigenvalue weighted by molar-refractivity contribution is 5.72. The minimum absolute atomic E-state index is 0.00574. The molecule has 60 valence electrons. The Morgan fingerprint density at radius 3 is 2.91 bits per heavy atom. The van der Waals surface area contributed by atoms with E-state index in [1.165, 1.54) is 6.92 Å². The minimum Gasteiger partial charge on any atom is -0.353 e. The summed E-state index contributed by atoms with van der Waals surface area (Å²) in [6, 6.07) is 3.94. The van der Waals surface area contributed by atoms with Gasteiger partial charge in [-0.25, -0.2) is 0 Å². The van der Waals surface area contributed by atoms with Crippen molar-refractivity contribution in [2.24, 2.45) is 7.05 Å². The zero-order chi connectivity index (χ0) is 8.27. The van der Waals surface area contributed by atoms with Gasteiger partial charge in [0.05, 0.1) is 6.54 Å². The number of aryl methyl sites for hydroxylation is 1. The van der Waals surface area contributed by atoms with Gasteiger partial charge in [0, 0.05) is 25.9 Å². The molecule has 0 aliphatic rings. The van der Waals surface area contributed by atoms with Crippen molar-refractivity contribution in [3.05, 3.63) is 24.0 Å². The lowest BCUT2D eigenvalue weighted by atomic mass is 10.4. The Bertz CT molecular complexity index is 252. The van der Waals surface area contributed by atoms with Gasteiger partial charge in [0.15, 0.2) is 0 Å². The summed E-state index contributed by atoms with van der Waals surface area (Å²) in [6.07, 6.45) is 1.96. The van der Waals surface area contributed by atoms with Gasteiger partial charge in [0.25, 0.3) is 0 Å². The molecular formula is C8H12N2O. The summed E-state index contributed by atoms with van der Waals surface area (Å²) >= 11 is 0. The molecule has 0 atom stereocenters. The highest BCUT2D eigenvalue weighted by atomic mass is 16.1. The molecular weight excluding hydrogens is 140 g/mol. The second-order valence-corrected chi connectivity index (χ2v) is 2.52. The Labute approximate surface area is 66.0 Å². The van der Waals surface area contributed by atoms with E-state index in [2.05, 4.69) is 5.32 Å². The van der Waals surface area contributed by atoms with Crippen molar-refractivity contribution in [3.63, 3.8) is 0 Å². The monoisotopic (exact) mass is 152 g/mol. The van der Waals surface area contributed by atoms with Crippen LogP contribution < -0.4 is 5.32 Å². The number of nitrogens with zero attached hydrogens (tertiary/aromatic N) is 1. The zero-order valence-electron chi connectivity index (χ0n) is 6.79. The molecule has 0 radical (unpaired) electrons. The number of carbonyl (C=O) groups is 1. The van der Waals surface area contributed by atoms with Gasteiger partial charge < -0.3 is 9.88 Å². The first-order valence-electron chi connectivity index (χ1n) is 3.55. The Morgan fingerprint density at radius 2 is 2.45 bits per heavy atom. The van der Waals surface area contributed by atoms with Gasteiger partial charge in [-0.1, -0.05) is 0 Å². The van der Waals surface area contributed by atoms with Crippen LogP contribution in [0, 0.1) is 0 Å². The third-order valence-electron chi connectivity index (χ3n) is 1.57. The van der Waals surface area contributed by atoms with Crippen molar-refractivity contribution in [1.82, 2.24) is 9.88 Å². The average molecular weight is 152 g/mol. The van der Waals surface area contributed by atoms with E-state index < -0.39 is 0 Å². The molecule has 1 aromatic heterocycles. The fourth-order valence-electron chi connectivity index (χ4n) is 0.895. The molecule has 0 aliphatic heterocycles. The molecule has 0 saturated carbocycles. The molecule has 0 aromatic carbocycles. The normalized spacial score (nSPS) is 9.64. The summed E-state index contributed by atoms with van der Waals surface area (Å²) in [5, 5.41) is 2.73. The van der Waals surface area contributed by atoms with Crippen LogP contribution in [-0.4, -0.2) is 10.5 Å². The van der Waals surface area contributed by atoms with Crippen LogP contribution in [0.15, 0.2) is 18.3 Å². The van der Waals surface area contributed by atoms with Gasteiger partial charge in [-0.3, -0.25) is 4.79 Å². The molecule has 1 heterocycles. The summed E-state index contributed by atoms with van der Waals surface area (Å²) in [4.78, 5) is 10.5. The third-order valence-corrected chi connectivity index (χ3v) is 1.57. The average Bonchev–Trinajstić information content (AvgIpc) is 2.31. The number of hydrogen-bond donors (Lipinski definition) is 1. The molecule has 1 rings (SSSR count). The van der Waals surface area contributed by atoms with Gasteiger partial charge >= 0.3 is 0 Å². The van der Waals surface area contributed by atoms with E-state index >= 15 is 0 Å². The molecule has 0 saturated heterocycles. The highest BCUT2D eigenvalue weighted by Crippen LogP contribution is 1.97. The summed E-state index contributed by atoms with van der Waals surface area (Å²) in [5.74, 6) is 0.00574. The predicted octanol–water partition coefficient (Wildman–Crippen LogP) is 0.661. The summed E-state index contributed by atoms with van der Waals surface area (Å²) in [7, 11) is 1.96. The maximum atomic E-state index is 10.5. The fraction of sp³-hybridized carbons (Fsp3) is 0.375. The molecule has 0 spiro atoms. The Morgan fingerprint density at radius 1 is 1.73 bits per heavy atom. The molecule has 3 nitrogen and oxygen atoms in total. The largest absolute Gasteiger partial charge is 0.353 e. The molecule has 11 heavy (non-hydrogen) atoms. The van der Waals surface area contributed by atoms with E-state index in [9.17, 15) is 4.79 Å². The van der Waals surface area contributed by atoms with Crippen LogP contribution in [0.2, 0.25) is 0 Å². The molecule has 1 amide bonds. The van der Waals surface area contributed by atoms with Crippen molar-refractivity contribution < 1.29 is 4.79 Å². The van der Waals surface area contributed by atoms with Gasteiger partial charge in [-0.2, -0.15) is 0 Å². The van der Waals surface area contributed by atoms with Crippen molar-refractivity contribution in [3.8, 4) is 0 Å². The van der Waals surface area contributed by atoms with Gasteiger partial charge in [-0.05, 0) is 12.1 Å². The first-order chi connectivity index (χ1) is 5.20. The summed E-state index contributed by atoms with van der Waals surface area (Å²) in [5.41, 5.74) is 1.11. The van der Waals surface area contributed by atoms with Crippen LogP contribution in [-0.2, 0) is 18.4 Å². The van der Waals surface area contributed by atoms with Crippen molar-refractivity contribution >= 4 is 5.91 Å². The first kappa shape index (κ1) is 7.85. The minimum atomic E-state index is 0.00574. The lowest BCUT2D eigenvalue weighted by Gasteiger charge is -2.02. The summed E-state index contributed by atoms with van der Waals surface area (Å²) in [6.45, 7) is 2.13. The van der Waals surface area contributed by atoms with Crippen LogP contribution in [0.4, 0.5) is 0 Å². The highest BCUT2D eigenvalue weighted by Gasteiger charge is 1.96. The number of amides is 1. The predicted molar refractivity (Wildman–Crippen MR) is 42.9 cm³/mol. The molecule has 0 unspecified atom stereocenters. The van der Waals surface area contributed by atoms with Gasteiger partial charge in [0.2, 0.25) is 5.91 Å². The van der Waals surface area contributed by atoms with Crippen LogP contribution in [0.1, 0.15) is 12.6 Å². The molecule has 0 aliphatic carbocycles. The van der Waals surface area contributed by atoms with Crippen molar-refractivity contribution in [2.75, 3.05) is 0 Å². The van der Waals surface area contributed by atoms with E-state index in [0.717, 1.165) is 5.69 Å². The molecule has 3 heteroatoms. The van der Waals surface area contributed by atoms with E-state index in [0.29, 0.717) is 6.54 Å². The second-order valence-electron chi connectivity index (χ2n) is 2.52. The van der Waals surface area contributed by atoms with Crippen LogP contribution in [0.3, 0.4) is 0 Å². The van der Waals surface area contributed by atoms with E-state index in [1.807, 2.05) is 29.9 Å². The molecule has 0 bridgehead atoms. The topological polar surface area (TPSA) is 34.0 Å².